The largest absolute Gasteiger partial charge is 0.311 e. The molecule has 2 aromatic heterocycles. The second-order valence-corrected chi connectivity index (χ2v) is 8.20. The molecule has 1 fully saturated rings. The molecule has 1 N–H and O–H groups in total. The Kier molecular flexibility index (Phi) is 3.67. The van der Waals surface area contributed by atoms with Crippen LogP contribution in [0.2, 0.25) is 0 Å². The smallest absolute Gasteiger partial charge is 0.166 e. The maximum atomic E-state index is 5.60. The predicted octanol–water partition coefficient (Wildman–Crippen LogP) is 3.87. The van der Waals surface area contributed by atoms with Gasteiger partial charge in [0, 0.05) is 12.8 Å². The van der Waals surface area contributed by atoms with Crippen molar-refractivity contribution in [1.82, 2.24) is 4.57 Å². The maximum absolute atomic E-state index is 5.60. The summed E-state index contributed by atoms with van der Waals surface area (Å²) in [6.07, 6.45) is 2.61. The number of hydrogen-bond donors (Lipinski definition) is 1. The quantitative estimate of drug-likeness (QED) is 0.716. The Morgan fingerprint density at radius 3 is 3.00 bits per heavy atom. The van der Waals surface area contributed by atoms with E-state index in [-0.39, 0.29) is 0 Å². The van der Waals surface area contributed by atoms with Gasteiger partial charge < -0.3 is 4.90 Å². The first kappa shape index (κ1) is 13.6. The Balaban J connectivity index is 1.68. The van der Waals surface area contributed by atoms with Gasteiger partial charge in [-0.25, -0.2) is 0 Å². The van der Waals surface area contributed by atoms with Gasteiger partial charge in [-0.05, 0) is 35.8 Å². The molecule has 0 aliphatic carbocycles. The lowest BCUT2D eigenvalue weighted by molar-refractivity contribution is -0.940. The molecule has 0 radical (unpaired) electrons. The fourth-order valence-corrected chi connectivity index (χ4v) is 5.54. The summed E-state index contributed by atoms with van der Waals surface area (Å²) < 4.78 is 4.63. The molecule has 1 unspecified atom stereocenters. The molecule has 5 heteroatoms. The van der Waals surface area contributed by atoms with Crippen molar-refractivity contribution in [3.63, 3.8) is 0 Å². The third-order valence-corrected chi connectivity index (χ3v) is 6.72. The van der Waals surface area contributed by atoms with Crippen LogP contribution in [0.5, 0.6) is 0 Å². The molecular formula is C16H17N2S3+. The van der Waals surface area contributed by atoms with Crippen molar-refractivity contribution in [2.45, 2.75) is 25.6 Å². The molecule has 4 rings (SSSR count). The van der Waals surface area contributed by atoms with Gasteiger partial charge in [0.15, 0.2) is 10.6 Å². The van der Waals surface area contributed by atoms with Gasteiger partial charge in [0.2, 0.25) is 0 Å². The number of rotatable bonds is 3. The summed E-state index contributed by atoms with van der Waals surface area (Å²) in [5, 5.41) is 2.19. The number of para-hydroxylation sites is 1. The minimum absolute atomic E-state index is 0.644. The van der Waals surface area contributed by atoms with Gasteiger partial charge in [-0.15, -0.1) is 22.7 Å². The van der Waals surface area contributed by atoms with Crippen LogP contribution in [0.25, 0.3) is 10.2 Å². The van der Waals surface area contributed by atoms with E-state index in [0.717, 1.165) is 10.6 Å². The van der Waals surface area contributed by atoms with Crippen LogP contribution < -0.4 is 4.90 Å². The van der Waals surface area contributed by atoms with E-state index in [4.69, 9.17) is 12.2 Å². The highest BCUT2D eigenvalue weighted by molar-refractivity contribution is 7.73. The second kappa shape index (κ2) is 5.65. The minimum atomic E-state index is 0.644. The monoisotopic (exact) mass is 333 g/mol. The summed E-state index contributed by atoms with van der Waals surface area (Å²) in [7, 11) is 0. The molecule has 1 aromatic carbocycles. The number of likely N-dealkylation sites (tertiary alicyclic amines) is 1. The van der Waals surface area contributed by atoms with Crippen LogP contribution in [0.4, 0.5) is 0 Å². The SMILES string of the molecule is S=c1sc2ccccc2n1C[NH+]1CCC[C@H]1c1cccs1. The second-order valence-electron chi connectivity index (χ2n) is 5.54. The normalized spacial score (nSPS) is 22.1. The summed E-state index contributed by atoms with van der Waals surface area (Å²) in [6.45, 7) is 2.24. The highest BCUT2D eigenvalue weighted by atomic mass is 32.1. The zero-order chi connectivity index (χ0) is 14.2. The predicted molar refractivity (Wildman–Crippen MR) is 92.8 cm³/mol. The van der Waals surface area contributed by atoms with E-state index in [1.54, 1.807) is 16.2 Å². The van der Waals surface area contributed by atoms with E-state index in [9.17, 15) is 0 Å². The Hall–Kier alpha value is -1.01. The number of thiophene rings is 1. The number of hydrogen-bond acceptors (Lipinski definition) is 3. The molecule has 108 valence electrons. The zero-order valence-corrected chi connectivity index (χ0v) is 14.1. The molecule has 2 nitrogen and oxygen atoms in total. The van der Waals surface area contributed by atoms with Gasteiger partial charge in [0.1, 0.15) is 6.04 Å². The number of nitrogens with zero attached hydrogens (tertiary/aromatic N) is 1. The van der Waals surface area contributed by atoms with Crippen molar-refractivity contribution < 1.29 is 4.90 Å². The van der Waals surface area contributed by atoms with Crippen LogP contribution in [0.1, 0.15) is 23.8 Å². The Morgan fingerprint density at radius 2 is 2.14 bits per heavy atom. The van der Waals surface area contributed by atoms with Crippen molar-refractivity contribution in [3.8, 4) is 0 Å². The summed E-state index contributed by atoms with van der Waals surface area (Å²) in [5.41, 5.74) is 1.29. The fraction of sp³-hybridized carbons (Fsp3) is 0.312. The van der Waals surface area contributed by atoms with E-state index in [1.165, 1.54) is 34.5 Å². The highest BCUT2D eigenvalue weighted by Crippen LogP contribution is 2.25. The number of quaternary nitrogens is 1. The van der Waals surface area contributed by atoms with Gasteiger partial charge in [-0.1, -0.05) is 18.2 Å². The van der Waals surface area contributed by atoms with Crippen molar-refractivity contribution in [3.05, 3.63) is 50.6 Å². The molecule has 3 heterocycles. The van der Waals surface area contributed by atoms with Gasteiger partial charge in [0.25, 0.3) is 0 Å². The van der Waals surface area contributed by atoms with Crippen molar-refractivity contribution >= 4 is 45.1 Å². The average Bonchev–Trinajstić information content (AvgIpc) is 3.20. The van der Waals surface area contributed by atoms with E-state index in [0.29, 0.717) is 6.04 Å². The minimum Gasteiger partial charge on any atom is -0.311 e. The van der Waals surface area contributed by atoms with E-state index < -0.39 is 0 Å². The number of benzene rings is 1. The lowest BCUT2D eigenvalue weighted by atomic mass is 10.2. The van der Waals surface area contributed by atoms with Crippen molar-refractivity contribution in [1.29, 1.82) is 0 Å². The molecule has 0 amide bonds. The molecule has 1 aliphatic rings. The topological polar surface area (TPSA) is 9.37 Å². The standard InChI is InChI=1S/C16H16N2S3/c19-16-18(13-5-1-2-7-15(13)21-16)11-17-9-3-6-12(17)14-8-4-10-20-14/h1-2,4-5,7-8,10,12H,3,6,9,11H2/p+1/t12-/m0/s1. The summed E-state index contributed by atoms with van der Waals surface area (Å²) in [4.78, 5) is 3.17. The third kappa shape index (κ3) is 2.48. The maximum Gasteiger partial charge on any atom is 0.166 e. The highest BCUT2D eigenvalue weighted by Gasteiger charge is 2.31. The number of nitrogens with one attached hydrogen (secondary N) is 1. The summed E-state index contributed by atoms with van der Waals surface area (Å²) in [5.74, 6) is 0. The Bertz CT molecular complexity index is 800. The van der Waals surface area contributed by atoms with Gasteiger partial charge in [-0.2, -0.15) is 0 Å². The lowest BCUT2D eigenvalue weighted by Crippen LogP contribution is -3.09. The van der Waals surface area contributed by atoms with Crippen molar-refractivity contribution in [2.24, 2.45) is 0 Å². The van der Waals surface area contributed by atoms with Crippen LogP contribution in [0.15, 0.2) is 41.8 Å². The fourth-order valence-electron chi connectivity index (χ4n) is 3.30. The Labute approximate surface area is 137 Å². The van der Waals surface area contributed by atoms with E-state index in [2.05, 4.69) is 46.3 Å². The van der Waals surface area contributed by atoms with Gasteiger partial charge >= 0.3 is 0 Å². The first-order chi connectivity index (χ1) is 10.3. The van der Waals surface area contributed by atoms with Crippen LogP contribution >= 0.6 is 34.9 Å². The first-order valence-electron chi connectivity index (χ1n) is 7.29. The number of fused-ring (bicyclic) bond motifs is 1. The summed E-state index contributed by atoms with van der Waals surface area (Å²) >= 11 is 9.22. The van der Waals surface area contributed by atoms with Crippen molar-refractivity contribution in [2.75, 3.05) is 6.54 Å². The molecule has 0 saturated carbocycles. The average molecular weight is 334 g/mol. The Morgan fingerprint density at radius 1 is 1.24 bits per heavy atom. The van der Waals surface area contributed by atoms with Crippen LogP contribution in [-0.2, 0) is 6.67 Å². The number of aromatic nitrogens is 1. The zero-order valence-electron chi connectivity index (χ0n) is 11.6. The molecule has 2 atom stereocenters. The first-order valence-corrected chi connectivity index (χ1v) is 9.40. The molecular weight excluding hydrogens is 316 g/mol. The van der Waals surface area contributed by atoms with Crippen LogP contribution in [0, 0.1) is 3.95 Å². The molecule has 1 saturated heterocycles. The molecule has 1 aliphatic heterocycles. The van der Waals surface area contributed by atoms with Gasteiger partial charge in [-0.3, -0.25) is 4.57 Å². The molecule has 0 bridgehead atoms. The molecule has 0 spiro atoms. The van der Waals surface area contributed by atoms with E-state index in [1.807, 2.05) is 11.3 Å². The van der Waals surface area contributed by atoms with Crippen LogP contribution in [-0.4, -0.2) is 11.1 Å². The summed E-state index contributed by atoms with van der Waals surface area (Å²) in [6, 6.07) is 13.7. The lowest BCUT2D eigenvalue weighted by Gasteiger charge is -2.21. The third-order valence-electron chi connectivity index (χ3n) is 4.31. The molecule has 21 heavy (non-hydrogen) atoms. The number of thiazole rings is 1. The molecule has 3 aromatic rings. The van der Waals surface area contributed by atoms with E-state index >= 15 is 0 Å². The van der Waals surface area contributed by atoms with Crippen LogP contribution in [0.3, 0.4) is 0 Å². The van der Waals surface area contributed by atoms with Gasteiger partial charge in [0.05, 0.1) is 21.6 Å².